The van der Waals surface area contributed by atoms with Crippen molar-refractivity contribution in [2.24, 2.45) is 0 Å². The van der Waals surface area contributed by atoms with Gasteiger partial charge in [0.15, 0.2) is 11.6 Å². The molecular formula is C12H19FN2O. The van der Waals surface area contributed by atoms with Crippen molar-refractivity contribution in [1.82, 2.24) is 10.6 Å². The van der Waals surface area contributed by atoms with Gasteiger partial charge in [0.1, 0.15) is 0 Å². The van der Waals surface area contributed by atoms with Gasteiger partial charge in [0, 0.05) is 13.2 Å². The van der Waals surface area contributed by atoms with E-state index in [-0.39, 0.29) is 5.82 Å². The Morgan fingerprint density at radius 2 is 2.19 bits per heavy atom. The van der Waals surface area contributed by atoms with Gasteiger partial charge < -0.3 is 15.4 Å². The third-order valence-corrected chi connectivity index (χ3v) is 2.19. The molecule has 0 saturated heterocycles. The summed E-state index contributed by atoms with van der Waals surface area (Å²) in [5.41, 5.74) is 0.976. The molecule has 1 aromatic carbocycles. The zero-order valence-corrected chi connectivity index (χ0v) is 9.85. The van der Waals surface area contributed by atoms with Crippen LogP contribution in [0.4, 0.5) is 4.39 Å². The van der Waals surface area contributed by atoms with Crippen molar-refractivity contribution in [2.45, 2.75) is 13.3 Å². The predicted molar refractivity (Wildman–Crippen MR) is 63.2 cm³/mol. The first-order valence-corrected chi connectivity index (χ1v) is 5.54. The molecule has 2 N–H and O–H groups in total. The SMILES string of the molecule is CCOc1ccc(CCNCNC)cc1F. The summed E-state index contributed by atoms with van der Waals surface area (Å²) in [6, 6.07) is 5.12. The molecule has 1 rings (SSSR count). The number of nitrogens with one attached hydrogen (secondary N) is 2. The van der Waals surface area contributed by atoms with Gasteiger partial charge in [-0.05, 0) is 38.1 Å². The molecule has 0 spiro atoms. The van der Waals surface area contributed by atoms with Crippen LogP contribution in [0.1, 0.15) is 12.5 Å². The first-order valence-electron chi connectivity index (χ1n) is 5.54. The van der Waals surface area contributed by atoms with Gasteiger partial charge in [-0.2, -0.15) is 0 Å². The second-order valence-electron chi connectivity index (χ2n) is 3.48. The molecule has 0 fully saturated rings. The zero-order valence-electron chi connectivity index (χ0n) is 9.85. The van der Waals surface area contributed by atoms with Crippen LogP contribution in [0, 0.1) is 5.82 Å². The summed E-state index contributed by atoms with van der Waals surface area (Å²) < 4.78 is 18.6. The molecular weight excluding hydrogens is 207 g/mol. The molecule has 0 radical (unpaired) electrons. The lowest BCUT2D eigenvalue weighted by Crippen LogP contribution is -2.27. The molecule has 0 amide bonds. The molecule has 0 saturated carbocycles. The molecule has 4 heteroatoms. The van der Waals surface area contributed by atoms with E-state index >= 15 is 0 Å². The maximum atomic E-state index is 13.5. The monoisotopic (exact) mass is 226 g/mol. The minimum atomic E-state index is -0.284. The van der Waals surface area contributed by atoms with Crippen LogP contribution >= 0.6 is 0 Å². The van der Waals surface area contributed by atoms with Crippen LogP contribution in [0.3, 0.4) is 0 Å². The van der Waals surface area contributed by atoms with Crippen molar-refractivity contribution < 1.29 is 9.13 Å². The van der Waals surface area contributed by atoms with Crippen LogP contribution in [0.15, 0.2) is 18.2 Å². The minimum Gasteiger partial charge on any atom is -0.491 e. The van der Waals surface area contributed by atoms with E-state index in [1.807, 2.05) is 20.0 Å². The van der Waals surface area contributed by atoms with Crippen LogP contribution in [0.2, 0.25) is 0 Å². The van der Waals surface area contributed by atoms with Crippen LogP contribution in [0.25, 0.3) is 0 Å². The lowest BCUT2D eigenvalue weighted by molar-refractivity contribution is 0.321. The maximum absolute atomic E-state index is 13.5. The molecule has 1 aromatic rings. The number of rotatable bonds is 7. The molecule has 0 unspecified atom stereocenters. The lowest BCUT2D eigenvalue weighted by atomic mass is 10.1. The van der Waals surface area contributed by atoms with Crippen molar-refractivity contribution in [1.29, 1.82) is 0 Å². The standard InChI is InChI=1S/C12H19FN2O/c1-3-16-12-5-4-10(8-11(12)13)6-7-15-9-14-2/h4-5,8,14-15H,3,6-7,9H2,1-2H3. The highest BCUT2D eigenvalue weighted by Gasteiger charge is 2.03. The summed E-state index contributed by atoms with van der Waals surface area (Å²) in [4.78, 5) is 0. The van der Waals surface area contributed by atoms with Gasteiger partial charge in [-0.15, -0.1) is 0 Å². The van der Waals surface area contributed by atoms with Gasteiger partial charge in [0.05, 0.1) is 6.61 Å². The van der Waals surface area contributed by atoms with E-state index in [0.29, 0.717) is 12.4 Å². The molecule has 3 nitrogen and oxygen atoms in total. The number of hydrogen-bond acceptors (Lipinski definition) is 3. The number of benzene rings is 1. The average Bonchev–Trinajstić information content (AvgIpc) is 2.28. The van der Waals surface area contributed by atoms with Gasteiger partial charge in [-0.25, -0.2) is 4.39 Å². The summed E-state index contributed by atoms with van der Waals surface area (Å²) in [5, 5.41) is 6.16. The van der Waals surface area contributed by atoms with Gasteiger partial charge in [0.25, 0.3) is 0 Å². The quantitative estimate of drug-likeness (QED) is 0.546. The highest BCUT2D eigenvalue weighted by Crippen LogP contribution is 2.18. The van der Waals surface area contributed by atoms with Crippen molar-refractivity contribution in [2.75, 3.05) is 26.9 Å². The minimum absolute atomic E-state index is 0.284. The van der Waals surface area contributed by atoms with E-state index < -0.39 is 0 Å². The Kier molecular flexibility index (Phi) is 5.82. The second-order valence-corrected chi connectivity index (χ2v) is 3.48. The number of ether oxygens (including phenoxy) is 1. The normalized spacial score (nSPS) is 10.4. The summed E-state index contributed by atoms with van der Waals surface area (Å²) in [6.45, 7) is 3.92. The summed E-state index contributed by atoms with van der Waals surface area (Å²) in [7, 11) is 1.88. The highest BCUT2D eigenvalue weighted by atomic mass is 19.1. The Hall–Kier alpha value is -1.13. The van der Waals surface area contributed by atoms with E-state index in [9.17, 15) is 4.39 Å². The second kappa shape index (κ2) is 7.19. The van der Waals surface area contributed by atoms with Crippen molar-refractivity contribution in [3.63, 3.8) is 0 Å². The topological polar surface area (TPSA) is 33.3 Å². The molecule has 0 heterocycles. The molecule has 0 aliphatic carbocycles. The molecule has 0 atom stereocenters. The molecule has 0 aromatic heterocycles. The summed E-state index contributed by atoms with van der Waals surface area (Å²) in [6.07, 6.45) is 0.811. The number of hydrogen-bond donors (Lipinski definition) is 2. The Bertz CT molecular complexity index is 318. The van der Waals surface area contributed by atoms with Crippen LogP contribution in [0.5, 0.6) is 5.75 Å². The molecule has 0 aliphatic heterocycles. The third-order valence-electron chi connectivity index (χ3n) is 2.19. The first-order chi connectivity index (χ1) is 7.77. The first kappa shape index (κ1) is 12.9. The Morgan fingerprint density at radius 1 is 1.38 bits per heavy atom. The van der Waals surface area contributed by atoms with Gasteiger partial charge in [-0.1, -0.05) is 6.07 Å². The molecule has 16 heavy (non-hydrogen) atoms. The third kappa shape index (κ3) is 4.16. The summed E-state index contributed by atoms with van der Waals surface area (Å²) >= 11 is 0. The van der Waals surface area contributed by atoms with E-state index in [4.69, 9.17) is 4.74 Å². The van der Waals surface area contributed by atoms with Crippen LogP contribution < -0.4 is 15.4 Å². The fraction of sp³-hybridized carbons (Fsp3) is 0.500. The zero-order chi connectivity index (χ0) is 11.8. The van der Waals surface area contributed by atoms with E-state index in [1.165, 1.54) is 6.07 Å². The fourth-order valence-corrected chi connectivity index (χ4v) is 1.42. The van der Waals surface area contributed by atoms with Gasteiger partial charge in [0.2, 0.25) is 0 Å². The molecule has 90 valence electrons. The number of halogens is 1. The summed E-state index contributed by atoms with van der Waals surface area (Å²) in [5.74, 6) is 0.0439. The van der Waals surface area contributed by atoms with Crippen molar-refractivity contribution in [3.8, 4) is 5.75 Å². The van der Waals surface area contributed by atoms with Crippen molar-refractivity contribution >= 4 is 0 Å². The molecule has 0 bridgehead atoms. The van der Waals surface area contributed by atoms with Crippen LogP contribution in [-0.4, -0.2) is 26.9 Å². The van der Waals surface area contributed by atoms with Gasteiger partial charge in [-0.3, -0.25) is 0 Å². The predicted octanol–water partition coefficient (Wildman–Crippen LogP) is 1.53. The highest BCUT2D eigenvalue weighted by molar-refractivity contribution is 5.29. The Morgan fingerprint density at radius 3 is 2.81 bits per heavy atom. The average molecular weight is 226 g/mol. The van der Waals surface area contributed by atoms with Crippen LogP contribution in [-0.2, 0) is 6.42 Å². The van der Waals surface area contributed by atoms with E-state index in [1.54, 1.807) is 6.07 Å². The van der Waals surface area contributed by atoms with Crippen molar-refractivity contribution in [3.05, 3.63) is 29.6 Å². The largest absolute Gasteiger partial charge is 0.491 e. The Labute approximate surface area is 96.0 Å². The lowest BCUT2D eigenvalue weighted by Gasteiger charge is -2.07. The fourth-order valence-electron chi connectivity index (χ4n) is 1.42. The van der Waals surface area contributed by atoms with E-state index in [0.717, 1.165) is 25.2 Å². The Balaban J connectivity index is 2.46. The van der Waals surface area contributed by atoms with E-state index in [2.05, 4.69) is 10.6 Å². The smallest absolute Gasteiger partial charge is 0.165 e. The van der Waals surface area contributed by atoms with Gasteiger partial charge >= 0.3 is 0 Å². The molecule has 0 aliphatic rings. The maximum Gasteiger partial charge on any atom is 0.165 e.